The van der Waals surface area contributed by atoms with Gasteiger partial charge in [0.05, 0.1) is 13.2 Å². The van der Waals surface area contributed by atoms with Crippen LogP contribution in [0.4, 0.5) is 11.4 Å². The summed E-state index contributed by atoms with van der Waals surface area (Å²) in [4.78, 5) is 11.9. The van der Waals surface area contributed by atoms with Crippen LogP contribution in [0.15, 0.2) is 48.5 Å². The molecule has 0 saturated heterocycles. The number of carbonyl (C=O) groups is 1. The molecule has 5 nitrogen and oxygen atoms in total. The van der Waals surface area contributed by atoms with Crippen molar-refractivity contribution in [1.82, 2.24) is 0 Å². The zero-order chi connectivity index (χ0) is 17.2. The van der Waals surface area contributed by atoms with Crippen molar-refractivity contribution in [3.8, 4) is 5.75 Å². The molecule has 128 valence electrons. The van der Waals surface area contributed by atoms with Crippen molar-refractivity contribution < 1.29 is 14.3 Å². The van der Waals surface area contributed by atoms with Gasteiger partial charge in [-0.1, -0.05) is 17.7 Å². The van der Waals surface area contributed by atoms with Crippen LogP contribution in [0.3, 0.4) is 0 Å². The van der Waals surface area contributed by atoms with Crippen LogP contribution in [0.2, 0.25) is 5.02 Å². The lowest BCUT2D eigenvalue weighted by Gasteiger charge is -2.10. The summed E-state index contributed by atoms with van der Waals surface area (Å²) >= 11 is 5.81. The first kappa shape index (κ1) is 18.1. The van der Waals surface area contributed by atoms with Crippen LogP contribution in [-0.2, 0) is 9.53 Å². The molecule has 0 heterocycles. The van der Waals surface area contributed by atoms with Gasteiger partial charge in [-0.05, 0) is 43.3 Å². The van der Waals surface area contributed by atoms with E-state index in [0.29, 0.717) is 30.5 Å². The fourth-order valence-electron chi connectivity index (χ4n) is 1.98. The zero-order valence-corrected chi connectivity index (χ0v) is 14.3. The number of anilines is 2. The van der Waals surface area contributed by atoms with E-state index in [2.05, 4.69) is 10.6 Å². The number of nitrogens with one attached hydrogen (secondary N) is 2. The molecule has 0 aromatic heterocycles. The molecule has 0 unspecified atom stereocenters. The second kappa shape index (κ2) is 9.80. The number of rotatable bonds is 9. The maximum atomic E-state index is 11.9. The Morgan fingerprint density at radius 2 is 1.88 bits per heavy atom. The third-order valence-electron chi connectivity index (χ3n) is 3.12. The molecule has 0 saturated carbocycles. The summed E-state index contributed by atoms with van der Waals surface area (Å²) in [6.45, 7) is 3.82. The summed E-state index contributed by atoms with van der Waals surface area (Å²) in [5.41, 5.74) is 1.52. The highest BCUT2D eigenvalue weighted by Crippen LogP contribution is 2.17. The first-order valence-corrected chi connectivity index (χ1v) is 8.15. The Bertz CT molecular complexity index is 647. The van der Waals surface area contributed by atoms with Crippen LogP contribution >= 0.6 is 11.6 Å². The van der Waals surface area contributed by atoms with E-state index < -0.39 is 0 Å². The monoisotopic (exact) mass is 348 g/mol. The Balaban J connectivity index is 1.78. The van der Waals surface area contributed by atoms with Crippen molar-refractivity contribution in [1.29, 1.82) is 0 Å². The summed E-state index contributed by atoms with van der Waals surface area (Å²) in [6, 6.07) is 14.4. The second-order valence-electron chi connectivity index (χ2n) is 4.98. The third-order valence-corrected chi connectivity index (χ3v) is 3.37. The number of halogens is 1. The van der Waals surface area contributed by atoms with E-state index in [1.807, 2.05) is 31.2 Å². The molecule has 0 aliphatic rings. The van der Waals surface area contributed by atoms with Crippen molar-refractivity contribution in [3.05, 3.63) is 53.6 Å². The van der Waals surface area contributed by atoms with Gasteiger partial charge in [0.1, 0.15) is 12.4 Å². The number of hydrogen-bond donors (Lipinski definition) is 2. The van der Waals surface area contributed by atoms with Gasteiger partial charge in [-0.2, -0.15) is 0 Å². The summed E-state index contributed by atoms with van der Waals surface area (Å²) in [5.74, 6) is 0.595. The zero-order valence-electron chi connectivity index (χ0n) is 13.5. The molecule has 0 atom stereocenters. The molecule has 0 aliphatic heterocycles. The average molecular weight is 349 g/mol. The van der Waals surface area contributed by atoms with Crippen LogP contribution in [0.1, 0.15) is 6.92 Å². The summed E-state index contributed by atoms with van der Waals surface area (Å²) in [7, 11) is 0. The molecule has 2 N–H and O–H groups in total. The highest BCUT2D eigenvalue weighted by atomic mass is 35.5. The topological polar surface area (TPSA) is 59.6 Å². The van der Waals surface area contributed by atoms with Gasteiger partial charge in [0.2, 0.25) is 5.91 Å². The van der Waals surface area contributed by atoms with Crippen molar-refractivity contribution in [2.75, 3.05) is 37.0 Å². The molecule has 0 radical (unpaired) electrons. The van der Waals surface area contributed by atoms with Gasteiger partial charge in [-0.15, -0.1) is 0 Å². The Morgan fingerprint density at radius 3 is 2.62 bits per heavy atom. The van der Waals surface area contributed by atoms with E-state index in [0.717, 1.165) is 11.4 Å². The number of ether oxygens (including phenoxy) is 2. The van der Waals surface area contributed by atoms with Crippen molar-refractivity contribution >= 4 is 28.9 Å². The van der Waals surface area contributed by atoms with E-state index in [1.54, 1.807) is 24.3 Å². The highest BCUT2D eigenvalue weighted by Gasteiger charge is 2.03. The molecule has 2 rings (SSSR count). The van der Waals surface area contributed by atoms with Crippen LogP contribution in [0, 0.1) is 0 Å². The van der Waals surface area contributed by atoms with E-state index in [-0.39, 0.29) is 12.5 Å². The minimum atomic E-state index is -0.139. The number of carbonyl (C=O) groups excluding carboxylic acids is 1. The lowest BCUT2D eigenvalue weighted by atomic mass is 10.3. The van der Waals surface area contributed by atoms with Crippen LogP contribution in [0.25, 0.3) is 0 Å². The molecule has 1 amide bonds. The number of benzene rings is 2. The van der Waals surface area contributed by atoms with Gasteiger partial charge in [0.15, 0.2) is 0 Å². The molecule has 2 aromatic rings. The standard InChI is InChI=1S/C18H21ClN2O3/c1-2-23-10-11-24-17-5-3-4-16(12-17)20-13-18(22)21-15-8-6-14(19)7-9-15/h3-9,12,20H,2,10-11,13H2,1H3,(H,21,22). The minimum Gasteiger partial charge on any atom is -0.491 e. The smallest absolute Gasteiger partial charge is 0.243 e. The highest BCUT2D eigenvalue weighted by molar-refractivity contribution is 6.30. The molecule has 2 aromatic carbocycles. The van der Waals surface area contributed by atoms with Crippen LogP contribution in [0.5, 0.6) is 5.75 Å². The normalized spacial score (nSPS) is 10.2. The van der Waals surface area contributed by atoms with Crippen molar-refractivity contribution in [2.24, 2.45) is 0 Å². The number of hydrogen-bond acceptors (Lipinski definition) is 4. The van der Waals surface area contributed by atoms with Crippen molar-refractivity contribution in [3.63, 3.8) is 0 Å². The lowest BCUT2D eigenvalue weighted by molar-refractivity contribution is -0.114. The van der Waals surface area contributed by atoms with E-state index in [1.165, 1.54) is 0 Å². The average Bonchev–Trinajstić information content (AvgIpc) is 2.59. The second-order valence-corrected chi connectivity index (χ2v) is 5.42. The lowest BCUT2D eigenvalue weighted by Crippen LogP contribution is -2.21. The third kappa shape index (κ3) is 6.48. The van der Waals surface area contributed by atoms with Gasteiger partial charge >= 0.3 is 0 Å². The SMILES string of the molecule is CCOCCOc1cccc(NCC(=O)Nc2ccc(Cl)cc2)c1. The minimum absolute atomic E-state index is 0.139. The molecule has 0 fully saturated rings. The maximum absolute atomic E-state index is 11.9. The summed E-state index contributed by atoms with van der Waals surface area (Å²) in [5, 5.41) is 6.49. The van der Waals surface area contributed by atoms with E-state index in [9.17, 15) is 4.79 Å². The summed E-state index contributed by atoms with van der Waals surface area (Å²) in [6.07, 6.45) is 0. The number of amides is 1. The van der Waals surface area contributed by atoms with E-state index in [4.69, 9.17) is 21.1 Å². The first-order chi connectivity index (χ1) is 11.7. The predicted octanol–water partition coefficient (Wildman–Crippen LogP) is 3.81. The Labute approximate surface area is 146 Å². The molecular formula is C18H21ClN2O3. The van der Waals surface area contributed by atoms with Gasteiger partial charge < -0.3 is 20.1 Å². The van der Waals surface area contributed by atoms with Crippen LogP contribution < -0.4 is 15.4 Å². The van der Waals surface area contributed by atoms with Gasteiger partial charge in [-0.3, -0.25) is 4.79 Å². The molecule has 24 heavy (non-hydrogen) atoms. The van der Waals surface area contributed by atoms with Crippen molar-refractivity contribution in [2.45, 2.75) is 6.92 Å². The van der Waals surface area contributed by atoms with E-state index >= 15 is 0 Å². The molecule has 0 spiro atoms. The predicted molar refractivity (Wildman–Crippen MR) is 97.0 cm³/mol. The van der Waals surface area contributed by atoms with Crippen LogP contribution in [-0.4, -0.2) is 32.3 Å². The van der Waals surface area contributed by atoms with Gasteiger partial charge in [0.25, 0.3) is 0 Å². The largest absolute Gasteiger partial charge is 0.491 e. The van der Waals surface area contributed by atoms with Gasteiger partial charge in [0, 0.05) is 29.1 Å². The first-order valence-electron chi connectivity index (χ1n) is 7.77. The Hall–Kier alpha value is -2.24. The fourth-order valence-corrected chi connectivity index (χ4v) is 2.11. The Kier molecular flexibility index (Phi) is 7.39. The molecule has 6 heteroatoms. The maximum Gasteiger partial charge on any atom is 0.243 e. The Morgan fingerprint density at radius 1 is 1.08 bits per heavy atom. The molecule has 0 bridgehead atoms. The summed E-state index contributed by atoms with van der Waals surface area (Å²) < 4.78 is 10.8. The molecular weight excluding hydrogens is 328 g/mol. The molecule has 0 aliphatic carbocycles. The quantitative estimate of drug-likeness (QED) is 0.677. The fraction of sp³-hybridized carbons (Fsp3) is 0.278. The van der Waals surface area contributed by atoms with Gasteiger partial charge in [-0.25, -0.2) is 0 Å².